The van der Waals surface area contributed by atoms with Crippen molar-refractivity contribution >= 4 is 44.1 Å². The summed E-state index contributed by atoms with van der Waals surface area (Å²) in [6.45, 7) is 5.19. The highest BCUT2D eigenvalue weighted by molar-refractivity contribution is 7.91. The van der Waals surface area contributed by atoms with Crippen LogP contribution in [0.1, 0.15) is 34.1 Å². The molecule has 0 unspecified atom stereocenters. The Bertz CT molecular complexity index is 1010. The van der Waals surface area contributed by atoms with Gasteiger partial charge in [0, 0.05) is 11.3 Å². The Balaban J connectivity index is 2.10. The summed E-state index contributed by atoms with van der Waals surface area (Å²) in [6.07, 6.45) is -1.15. The van der Waals surface area contributed by atoms with E-state index in [1.54, 1.807) is 39.0 Å². The third-order valence-corrected chi connectivity index (χ3v) is 6.91. The van der Waals surface area contributed by atoms with Gasteiger partial charge in [0.05, 0.1) is 22.8 Å². The van der Waals surface area contributed by atoms with Crippen LogP contribution in [0.15, 0.2) is 35.2 Å². The number of ether oxygens (including phenoxy) is 1. The Hall–Kier alpha value is -2.72. The summed E-state index contributed by atoms with van der Waals surface area (Å²) >= 11 is 1.17. The number of nitrogens with one attached hydrogen (secondary N) is 2. The highest BCUT2D eigenvalue weighted by Gasteiger charge is 2.23. The van der Waals surface area contributed by atoms with Crippen LogP contribution in [0.25, 0.3) is 0 Å². The third-order valence-electron chi connectivity index (χ3n) is 4.06. The van der Waals surface area contributed by atoms with Gasteiger partial charge in [-0.2, -0.15) is 0 Å². The zero-order chi connectivity index (χ0) is 21.6. The molecule has 2 N–H and O–H groups in total. The molecule has 0 aliphatic rings. The Morgan fingerprint density at radius 1 is 1.10 bits per heavy atom. The number of alkyl carbamates (subject to hydrolysis) is 1. The fraction of sp³-hybridized carbons (Fsp3) is 0.316. The molecular formula is C19H22N2O6S2. The lowest BCUT2D eigenvalue weighted by molar-refractivity contribution is -0.115. The van der Waals surface area contributed by atoms with Gasteiger partial charge in [0.2, 0.25) is 5.91 Å². The molecule has 0 atom stereocenters. The molecule has 29 heavy (non-hydrogen) atoms. The molecule has 1 aromatic carbocycles. The minimum absolute atomic E-state index is 0.111. The Kier molecular flexibility index (Phi) is 7.52. The lowest BCUT2D eigenvalue weighted by atomic mass is 10.1. The van der Waals surface area contributed by atoms with Gasteiger partial charge in [0.15, 0.2) is 9.84 Å². The van der Waals surface area contributed by atoms with E-state index in [9.17, 15) is 22.8 Å². The average Bonchev–Trinajstić information content (AvgIpc) is 2.94. The minimum atomic E-state index is -3.60. The van der Waals surface area contributed by atoms with Crippen molar-refractivity contribution in [1.82, 2.24) is 5.32 Å². The predicted molar refractivity (Wildman–Crippen MR) is 110 cm³/mol. The molecule has 0 saturated carbocycles. The van der Waals surface area contributed by atoms with Gasteiger partial charge in [-0.05, 0) is 38.5 Å². The van der Waals surface area contributed by atoms with Crippen molar-refractivity contribution in [2.24, 2.45) is 0 Å². The normalized spacial score (nSPS) is 11.0. The van der Waals surface area contributed by atoms with Gasteiger partial charge in [0.1, 0.15) is 5.00 Å². The van der Waals surface area contributed by atoms with Crippen molar-refractivity contribution in [3.63, 3.8) is 0 Å². The van der Waals surface area contributed by atoms with E-state index in [1.165, 1.54) is 23.5 Å². The highest BCUT2D eigenvalue weighted by atomic mass is 32.2. The van der Waals surface area contributed by atoms with Gasteiger partial charge in [-0.1, -0.05) is 18.2 Å². The first kappa shape index (κ1) is 22.6. The average molecular weight is 439 g/mol. The number of sulfone groups is 1. The predicted octanol–water partition coefficient (Wildman–Crippen LogP) is 3.05. The van der Waals surface area contributed by atoms with E-state index in [-0.39, 0.29) is 34.2 Å². The number of aryl methyl sites for hydroxylation is 1. The Morgan fingerprint density at radius 3 is 2.38 bits per heavy atom. The van der Waals surface area contributed by atoms with E-state index in [1.807, 2.05) is 0 Å². The van der Waals surface area contributed by atoms with Gasteiger partial charge < -0.3 is 10.1 Å². The van der Waals surface area contributed by atoms with Gasteiger partial charge in [-0.3, -0.25) is 14.9 Å². The van der Waals surface area contributed by atoms with E-state index in [0.717, 1.165) is 4.88 Å². The SMILES string of the molecule is CCOC(=O)NC(=O)c1c(NC(=O)CCS(=O)(=O)c2ccccc2)sc(C)c1C. The fourth-order valence-electron chi connectivity index (χ4n) is 2.47. The number of rotatable bonds is 7. The van der Waals surface area contributed by atoms with Crippen LogP contribution >= 0.6 is 11.3 Å². The molecule has 0 bridgehead atoms. The molecule has 0 aliphatic carbocycles. The number of benzene rings is 1. The highest BCUT2D eigenvalue weighted by Crippen LogP contribution is 2.32. The summed E-state index contributed by atoms with van der Waals surface area (Å²) in [5.41, 5.74) is 0.767. The largest absolute Gasteiger partial charge is 0.450 e. The maximum atomic E-state index is 12.4. The summed E-state index contributed by atoms with van der Waals surface area (Å²) < 4.78 is 29.3. The number of hydrogen-bond acceptors (Lipinski definition) is 7. The second kappa shape index (κ2) is 9.66. The lowest BCUT2D eigenvalue weighted by Gasteiger charge is -2.08. The summed E-state index contributed by atoms with van der Waals surface area (Å²) in [6, 6.07) is 7.86. The first-order valence-corrected chi connectivity index (χ1v) is 11.3. The maximum Gasteiger partial charge on any atom is 0.414 e. The van der Waals surface area contributed by atoms with Crippen LogP contribution in [-0.4, -0.2) is 38.7 Å². The molecule has 1 aromatic heterocycles. The zero-order valence-electron chi connectivity index (χ0n) is 16.3. The van der Waals surface area contributed by atoms with E-state index in [2.05, 4.69) is 10.6 Å². The molecule has 3 amide bonds. The second-order valence-corrected chi connectivity index (χ2v) is 9.43. The molecule has 2 rings (SSSR count). The topological polar surface area (TPSA) is 119 Å². The molecule has 0 saturated heterocycles. The number of anilines is 1. The van der Waals surface area contributed by atoms with Crippen molar-refractivity contribution in [2.75, 3.05) is 17.7 Å². The van der Waals surface area contributed by atoms with Gasteiger partial charge >= 0.3 is 6.09 Å². The summed E-state index contributed by atoms with van der Waals surface area (Å²) in [7, 11) is -3.60. The Labute approximate surface area is 173 Å². The molecule has 10 heteroatoms. The quantitative estimate of drug-likeness (QED) is 0.686. The van der Waals surface area contributed by atoms with Crippen molar-refractivity contribution in [3.8, 4) is 0 Å². The van der Waals surface area contributed by atoms with E-state index >= 15 is 0 Å². The van der Waals surface area contributed by atoms with Crippen LogP contribution in [0, 0.1) is 13.8 Å². The number of imide groups is 1. The van der Waals surface area contributed by atoms with Crippen LogP contribution in [0.5, 0.6) is 0 Å². The number of amides is 3. The second-order valence-electron chi connectivity index (χ2n) is 6.09. The zero-order valence-corrected chi connectivity index (χ0v) is 17.9. The molecule has 0 fully saturated rings. The van der Waals surface area contributed by atoms with E-state index in [4.69, 9.17) is 4.74 Å². The number of carbonyl (C=O) groups is 3. The lowest BCUT2D eigenvalue weighted by Crippen LogP contribution is -2.32. The van der Waals surface area contributed by atoms with Gasteiger partial charge in [-0.25, -0.2) is 13.2 Å². The molecule has 156 valence electrons. The van der Waals surface area contributed by atoms with Crippen LogP contribution in [-0.2, 0) is 19.4 Å². The molecule has 1 heterocycles. The standard InChI is InChI=1S/C19H22N2O6S2/c1-4-27-19(24)21-17(23)16-12(2)13(3)28-18(16)20-15(22)10-11-29(25,26)14-8-6-5-7-9-14/h5-9H,4,10-11H2,1-3H3,(H,20,22)(H,21,23,24). The molecular weight excluding hydrogens is 416 g/mol. The summed E-state index contributed by atoms with van der Waals surface area (Å²) in [5, 5.41) is 4.94. The summed E-state index contributed by atoms with van der Waals surface area (Å²) in [5.74, 6) is -1.61. The van der Waals surface area contributed by atoms with Crippen LogP contribution in [0.4, 0.5) is 9.80 Å². The monoisotopic (exact) mass is 438 g/mol. The maximum absolute atomic E-state index is 12.4. The fourth-order valence-corrected chi connectivity index (χ4v) is 4.81. The molecule has 2 aromatic rings. The molecule has 0 aliphatic heterocycles. The minimum Gasteiger partial charge on any atom is -0.450 e. The smallest absolute Gasteiger partial charge is 0.414 e. The van der Waals surface area contributed by atoms with Crippen molar-refractivity contribution < 1.29 is 27.5 Å². The molecule has 0 spiro atoms. The molecule has 0 radical (unpaired) electrons. The van der Waals surface area contributed by atoms with Crippen molar-refractivity contribution in [3.05, 3.63) is 46.3 Å². The first-order chi connectivity index (χ1) is 13.7. The first-order valence-electron chi connectivity index (χ1n) is 8.81. The third kappa shape index (κ3) is 5.88. The van der Waals surface area contributed by atoms with Gasteiger partial charge in [-0.15, -0.1) is 11.3 Å². The molecule has 8 nitrogen and oxygen atoms in total. The number of thiophene rings is 1. The van der Waals surface area contributed by atoms with Crippen molar-refractivity contribution in [2.45, 2.75) is 32.1 Å². The van der Waals surface area contributed by atoms with Crippen LogP contribution in [0.3, 0.4) is 0 Å². The van der Waals surface area contributed by atoms with Gasteiger partial charge in [0.25, 0.3) is 5.91 Å². The number of hydrogen-bond donors (Lipinski definition) is 2. The van der Waals surface area contributed by atoms with E-state index in [0.29, 0.717) is 5.56 Å². The summed E-state index contributed by atoms with van der Waals surface area (Å²) in [4.78, 5) is 37.2. The van der Waals surface area contributed by atoms with Crippen molar-refractivity contribution in [1.29, 1.82) is 0 Å². The van der Waals surface area contributed by atoms with E-state index < -0.39 is 27.7 Å². The number of carbonyl (C=O) groups excluding carboxylic acids is 3. The van der Waals surface area contributed by atoms with Crippen LogP contribution < -0.4 is 10.6 Å². The van der Waals surface area contributed by atoms with Crippen LogP contribution in [0.2, 0.25) is 0 Å². The Morgan fingerprint density at radius 2 is 1.76 bits per heavy atom.